The SMILES string of the molecule is CCC(=O)Nc1cccc(NC(=O)CCCCl)c1. The molecule has 1 aromatic carbocycles. The fourth-order valence-corrected chi connectivity index (χ4v) is 1.51. The smallest absolute Gasteiger partial charge is 0.224 e. The number of alkyl halides is 1. The van der Waals surface area contributed by atoms with Crippen molar-refractivity contribution in [3.05, 3.63) is 24.3 Å². The molecular weight excluding hydrogens is 252 g/mol. The van der Waals surface area contributed by atoms with Crippen molar-refractivity contribution in [2.24, 2.45) is 0 Å². The van der Waals surface area contributed by atoms with Gasteiger partial charge in [-0.3, -0.25) is 9.59 Å². The van der Waals surface area contributed by atoms with E-state index >= 15 is 0 Å². The highest BCUT2D eigenvalue weighted by atomic mass is 35.5. The van der Waals surface area contributed by atoms with Gasteiger partial charge in [0, 0.05) is 30.1 Å². The zero-order chi connectivity index (χ0) is 13.4. The molecule has 1 aromatic rings. The van der Waals surface area contributed by atoms with Crippen molar-refractivity contribution in [2.45, 2.75) is 26.2 Å². The zero-order valence-electron chi connectivity index (χ0n) is 10.3. The van der Waals surface area contributed by atoms with Gasteiger partial charge in [0.05, 0.1) is 0 Å². The van der Waals surface area contributed by atoms with Crippen LogP contribution in [0.2, 0.25) is 0 Å². The van der Waals surface area contributed by atoms with Crippen molar-refractivity contribution in [3.8, 4) is 0 Å². The molecule has 2 N–H and O–H groups in total. The van der Waals surface area contributed by atoms with E-state index < -0.39 is 0 Å². The number of benzene rings is 1. The van der Waals surface area contributed by atoms with Crippen LogP contribution < -0.4 is 10.6 Å². The number of hydrogen-bond acceptors (Lipinski definition) is 2. The molecule has 98 valence electrons. The number of halogens is 1. The third-order valence-corrected chi connectivity index (χ3v) is 2.56. The monoisotopic (exact) mass is 268 g/mol. The Morgan fingerprint density at radius 2 is 1.78 bits per heavy atom. The van der Waals surface area contributed by atoms with Gasteiger partial charge in [-0.05, 0) is 24.6 Å². The Bertz CT molecular complexity index is 421. The third kappa shape index (κ3) is 5.19. The van der Waals surface area contributed by atoms with Gasteiger partial charge in [0.15, 0.2) is 0 Å². The predicted molar refractivity (Wildman–Crippen MR) is 73.9 cm³/mol. The summed E-state index contributed by atoms with van der Waals surface area (Å²) in [5, 5.41) is 5.50. The van der Waals surface area contributed by atoms with Gasteiger partial charge in [-0.25, -0.2) is 0 Å². The van der Waals surface area contributed by atoms with Crippen LogP contribution in [0.3, 0.4) is 0 Å². The van der Waals surface area contributed by atoms with E-state index in [2.05, 4.69) is 10.6 Å². The number of nitrogens with one attached hydrogen (secondary N) is 2. The maximum Gasteiger partial charge on any atom is 0.224 e. The first kappa shape index (κ1) is 14.5. The highest BCUT2D eigenvalue weighted by Gasteiger charge is 2.03. The molecule has 0 aliphatic rings. The highest BCUT2D eigenvalue weighted by Crippen LogP contribution is 2.15. The lowest BCUT2D eigenvalue weighted by molar-refractivity contribution is -0.116. The van der Waals surface area contributed by atoms with Gasteiger partial charge < -0.3 is 10.6 Å². The number of carbonyl (C=O) groups excluding carboxylic acids is 2. The normalized spacial score (nSPS) is 9.89. The summed E-state index contributed by atoms with van der Waals surface area (Å²) in [6.45, 7) is 1.78. The molecule has 0 spiro atoms. The topological polar surface area (TPSA) is 58.2 Å². The minimum atomic E-state index is -0.0744. The standard InChI is InChI=1S/C13H17ClN2O2/c1-2-12(17)15-10-5-3-6-11(9-10)16-13(18)7-4-8-14/h3,5-6,9H,2,4,7-8H2,1H3,(H,15,17)(H,16,18). The molecule has 0 heterocycles. The summed E-state index contributed by atoms with van der Waals surface area (Å²) >= 11 is 5.52. The molecule has 0 unspecified atom stereocenters. The number of carbonyl (C=O) groups is 2. The number of amides is 2. The Morgan fingerprint density at radius 1 is 1.17 bits per heavy atom. The van der Waals surface area contributed by atoms with Crippen LogP contribution in [0.15, 0.2) is 24.3 Å². The van der Waals surface area contributed by atoms with E-state index in [-0.39, 0.29) is 11.8 Å². The van der Waals surface area contributed by atoms with Crippen molar-refractivity contribution in [2.75, 3.05) is 16.5 Å². The lowest BCUT2D eigenvalue weighted by Gasteiger charge is -2.08. The van der Waals surface area contributed by atoms with Gasteiger partial charge in [-0.15, -0.1) is 11.6 Å². The fourth-order valence-electron chi connectivity index (χ4n) is 1.37. The van der Waals surface area contributed by atoms with E-state index in [4.69, 9.17) is 11.6 Å². The molecule has 5 heteroatoms. The molecule has 1 rings (SSSR count). The maximum absolute atomic E-state index is 11.5. The average molecular weight is 269 g/mol. The Kier molecular flexibility index (Phi) is 6.22. The molecule has 0 radical (unpaired) electrons. The molecule has 0 fully saturated rings. The Hall–Kier alpha value is -1.55. The van der Waals surface area contributed by atoms with Crippen molar-refractivity contribution in [3.63, 3.8) is 0 Å². The number of hydrogen-bond donors (Lipinski definition) is 2. The Labute approximate surface area is 112 Å². The van der Waals surface area contributed by atoms with Crippen LogP contribution in [0.25, 0.3) is 0 Å². The lowest BCUT2D eigenvalue weighted by Crippen LogP contribution is -2.12. The molecular formula is C13H17ClN2O2. The Morgan fingerprint density at radius 3 is 2.33 bits per heavy atom. The van der Waals surface area contributed by atoms with Gasteiger partial charge in [-0.1, -0.05) is 13.0 Å². The van der Waals surface area contributed by atoms with E-state index in [9.17, 15) is 9.59 Å². The molecule has 4 nitrogen and oxygen atoms in total. The van der Waals surface area contributed by atoms with Crippen LogP contribution in [-0.2, 0) is 9.59 Å². The van der Waals surface area contributed by atoms with Crippen LogP contribution >= 0.6 is 11.6 Å². The predicted octanol–water partition coefficient (Wildman–Crippen LogP) is 2.99. The van der Waals surface area contributed by atoms with Gasteiger partial charge in [-0.2, -0.15) is 0 Å². The quantitative estimate of drug-likeness (QED) is 0.779. The molecule has 0 aromatic heterocycles. The molecule has 0 aliphatic heterocycles. The summed E-state index contributed by atoms with van der Waals surface area (Å²) < 4.78 is 0. The van der Waals surface area contributed by atoms with Crippen molar-refractivity contribution >= 4 is 34.8 Å². The lowest BCUT2D eigenvalue weighted by atomic mass is 10.2. The molecule has 0 atom stereocenters. The maximum atomic E-state index is 11.5. The van der Waals surface area contributed by atoms with E-state index in [1.54, 1.807) is 31.2 Å². The van der Waals surface area contributed by atoms with Gasteiger partial charge in [0.25, 0.3) is 0 Å². The molecule has 0 saturated carbocycles. The van der Waals surface area contributed by atoms with Gasteiger partial charge in [0.1, 0.15) is 0 Å². The van der Waals surface area contributed by atoms with Gasteiger partial charge >= 0.3 is 0 Å². The summed E-state index contributed by atoms with van der Waals surface area (Å²) in [5.74, 6) is 0.343. The van der Waals surface area contributed by atoms with Crippen molar-refractivity contribution in [1.82, 2.24) is 0 Å². The second-order valence-electron chi connectivity index (χ2n) is 3.82. The molecule has 18 heavy (non-hydrogen) atoms. The molecule has 0 bridgehead atoms. The molecule has 0 saturated heterocycles. The van der Waals surface area contributed by atoms with Gasteiger partial charge in [0.2, 0.25) is 11.8 Å². The van der Waals surface area contributed by atoms with Crippen LogP contribution in [-0.4, -0.2) is 17.7 Å². The minimum absolute atomic E-state index is 0.0550. The first-order chi connectivity index (χ1) is 8.65. The van der Waals surface area contributed by atoms with E-state index in [1.807, 2.05) is 0 Å². The number of rotatable bonds is 6. The molecule has 0 aliphatic carbocycles. The highest BCUT2D eigenvalue weighted by molar-refractivity contribution is 6.18. The van der Waals surface area contributed by atoms with E-state index in [1.165, 1.54) is 0 Å². The Balaban J connectivity index is 2.59. The van der Waals surface area contributed by atoms with Crippen LogP contribution in [0.5, 0.6) is 0 Å². The van der Waals surface area contributed by atoms with E-state index in [0.717, 1.165) is 0 Å². The minimum Gasteiger partial charge on any atom is -0.326 e. The fraction of sp³-hybridized carbons (Fsp3) is 0.385. The number of anilines is 2. The zero-order valence-corrected chi connectivity index (χ0v) is 11.1. The first-order valence-corrected chi connectivity index (χ1v) is 6.45. The summed E-state index contributed by atoms with van der Waals surface area (Å²) in [5.41, 5.74) is 1.35. The molecule has 2 amide bonds. The van der Waals surface area contributed by atoms with Crippen LogP contribution in [0.1, 0.15) is 26.2 Å². The second-order valence-corrected chi connectivity index (χ2v) is 4.20. The largest absolute Gasteiger partial charge is 0.326 e. The van der Waals surface area contributed by atoms with Crippen molar-refractivity contribution in [1.29, 1.82) is 0 Å². The van der Waals surface area contributed by atoms with Crippen LogP contribution in [0.4, 0.5) is 11.4 Å². The summed E-state index contributed by atoms with van der Waals surface area (Å²) in [6, 6.07) is 7.07. The average Bonchev–Trinajstić information content (AvgIpc) is 2.36. The summed E-state index contributed by atoms with van der Waals surface area (Å²) in [6.07, 6.45) is 1.47. The first-order valence-electron chi connectivity index (χ1n) is 5.91. The van der Waals surface area contributed by atoms with Crippen LogP contribution in [0, 0.1) is 0 Å². The van der Waals surface area contributed by atoms with E-state index in [0.29, 0.717) is 36.5 Å². The summed E-state index contributed by atoms with van der Waals surface area (Å²) in [4.78, 5) is 22.7. The second kappa shape index (κ2) is 7.71. The summed E-state index contributed by atoms with van der Waals surface area (Å²) in [7, 11) is 0. The third-order valence-electron chi connectivity index (χ3n) is 2.29. The van der Waals surface area contributed by atoms with Crippen molar-refractivity contribution < 1.29 is 9.59 Å².